The van der Waals surface area contributed by atoms with Gasteiger partial charge < -0.3 is 15.2 Å². The van der Waals surface area contributed by atoms with E-state index < -0.39 is 18.1 Å². The lowest BCUT2D eigenvalue weighted by molar-refractivity contribution is -0.0529. The zero-order chi connectivity index (χ0) is 15.5. The second-order valence-corrected chi connectivity index (χ2v) is 5.34. The van der Waals surface area contributed by atoms with Gasteiger partial charge in [-0.3, -0.25) is 4.79 Å². The first-order chi connectivity index (χ1) is 9.90. The van der Waals surface area contributed by atoms with Crippen molar-refractivity contribution in [1.29, 1.82) is 0 Å². The Morgan fingerprint density at radius 2 is 2.43 bits per heavy atom. The summed E-state index contributed by atoms with van der Waals surface area (Å²) in [5.41, 5.74) is -0.736. The number of halogens is 2. The van der Waals surface area contributed by atoms with Crippen LogP contribution in [0.2, 0.25) is 0 Å². The summed E-state index contributed by atoms with van der Waals surface area (Å²) in [5.74, 6) is -0.650. The molecule has 1 aliphatic carbocycles. The summed E-state index contributed by atoms with van der Waals surface area (Å²) in [7, 11) is 0. The van der Waals surface area contributed by atoms with Crippen LogP contribution in [-0.2, 0) is 0 Å². The summed E-state index contributed by atoms with van der Waals surface area (Å²) in [5, 5.41) is 13.0. The van der Waals surface area contributed by atoms with Crippen LogP contribution in [-0.4, -0.2) is 34.8 Å². The third-order valence-corrected chi connectivity index (χ3v) is 3.93. The van der Waals surface area contributed by atoms with Crippen LogP contribution in [0.4, 0.5) is 8.78 Å². The Labute approximate surface area is 121 Å². The number of amides is 1. The Morgan fingerprint density at radius 1 is 1.67 bits per heavy atom. The number of pyridine rings is 1. The minimum atomic E-state index is -2.99. The van der Waals surface area contributed by atoms with Crippen molar-refractivity contribution in [2.45, 2.75) is 38.4 Å². The highest BCUT2D eigenvalue weighted by Crippen LogP contribution is 2.34. The fourth-order valence-electron chi connectivity index (χ4n) is 2.53. The van der Waals surface area contributed by atoms with E-state index in [0.29, 0.717) is 6.42 Å². The summed E-state index contributed by atoms with van der Waals surface area (Å²) < 4.78 is 28.4. The van der Waals surface area contributed by atoms with Crippen molar-refractivity contribution in [2.75, 3.05) is 6.54 Å². The van der Waals surface area contributed by atoms with E-state index >= 15 is 0 Å². The van der Waals surface area contributed by atoms with Gasteiger partial charge in [-0.25, -0.2) is 4.98 Å². The zero-order valence-corrected chi connectivity index (χ0v) is 11.7. The van der Waals surface area contributed by atoms with E-state index in [9.17, 15) is 18.7 Å². The topological polar surface area (TPSA) is 71.5 Å². The molecule has 0 saturated heterocycles. The number of nitrogens with one attached hydrogen (secondary N) is 1. The van der Waals surface area contributed by atoms with E-state index in [0.717, 1.165) is 18.9 Å². The minimum Gasteiger partial charge on any atom is -0.417 e. The Kier molecular flexibility index (Phi) is 4.72. The van der Waals surface area contributed by atoms with Crippen molar-refractivity contribution >= 4 is 5.91 Å². The average molecular weight is 300 g/mol. The first kappa shape index (κ1) is 15.6. The Bertz CT molecular complexity index is 513. The van der Waals surface area contributed by atoms with Crippen LogP contribution in [0.1, 0.15) is 36.5 Å². The lowest BCUT2D eigenvalue weighted by atomic mass is 9.92. The highest BCUT2D eigenvalue weighted by atomic mass is 19.3. The van der Waals surface area contributed by atoms with Crippen molar-refractivity contribution in [2.24, 2.45) is 5.92 Å². The standard InChI is InChI=1S/C14H18F2N2O3/c1-9-3-2-5-14(9,20)8-18-12(19)10-4-6-17-11(7-10)21-13(15)16/h4,6-7,9,13,20H,2-3,5,8H2,1H3,(H,18,19). The molecule has 1 aromatic rings. The SMILES string of the molecule is CC1CCCC1(O)CNC(=O)c1ccnc(OC(F)F)c1. The maximum absolute atomic E-state index is 12.1. The summed E-state index contributed by atoms with van der Waals surface area (Å²) in [6.45, 7) is -0.906. The number of hydrogen-bond donors (Lipinski definition) is 2. The lowest BCUT2D eigenvalue weighted by Crippen LogP contribution is -2.44. The average Bonchev–Trinajstić information content (AvgIpc) is 2.76. The van der Waals surface area contributed by atoms with E-state index in [4.69, 9.17) is 0 Å². The fraction of sp³-hybridized carbons (Fsp3) is 0.571. The molecule has 116 valence electrons. The van der Waals surface area contributed by atoms with Crippen molar-refractivity contribution in [1.82, 2.24) is 10.3 Å². The van der Waals surface area contributed by atoms with Gasteiger partial charge in [0.15, 0.2) is 0 Å². The molecular weight excluding hydrogens is 282 g/mol. The van der Waals surface area contributed by atoms with Gasteiger partial charge in [0.2, 0.25) is 5.88 Å². The third kappa shape index (κ3) is 3.87. The van der Waals surface area contributed by atoms with E-state index in [2.05, 4.69) is 15.0 Å². The predicted octanol–water partition coefficient (Wildman–Crippen LogP) is 1.96. The maximum Gasteiger partial charge on any atom is 0.388 e. The molecule has 1 saturated carbocycles. The molecule has 0 spiro atoms. The van der Waals surface area contributed by atoms with Crippen molar-refractivity contribution in [3.8, 4) is 5.88 Å². The van der Waals surface area contributed by atoms with Gasteiger partial charge in [-0.05, 0) is 24.8 Å². The van der Waals surface area contributed by atoms with Gasteiger partial charge in [0.1, 0.15) is 0 Å². The van der Waals surface area contributed by atoms with Gasteiger partial charge in [0.25, 0.3) is 5.91 Å². The largest absolute Gasteiger partial charge is 0.417 e. The Hall–Kier alpha value is -1.76. The first-order valence-electron chi connectivity index (χ1n) is 6.82. The second-order valence-electron chi connectivity index (χ2n) is 5.34. The smallest absolute Gasteiger partial charge is 0.388 e. The quantitative estimate of drug-likeness (QED) is 0.872. The van der Waals surface area contributed by atoms with Crippen LogP contribution in [0, 0.1) is 5.92 Å². The number of nitrogens with zero attached hydrogens (tertiary/aromatic N) is 1. The van der Waals surface area contributed by atoms with Crippen LogP contribution < -0.4 is 10.1 Å². The van der Waals surface area contributed by atoms with E-state index in [1.165, 1.54) is 12.3 Å². The summed E-state index contributed by atoms with van der Waals surface area (Å²) in [4.78, 5) is 15.6. The molecule has 21 heavy (non-hydrogen) atoms. The Balaban J connectivity index is 1.97. The van der Waals surface area contributed by atoms with Crippen molar-refractivity contribution < 1.29 is 23.4 Å². The number of ether oxygens (including phenoxy) is 1. The number of rotatable bonds is 5. The number of alkyl halides is 2. The molecule has 2 rings (SSSR count). The van der Waals surface area contributed by atoms with Gasteiger partial charge >= 0.3 is 6.61 Å². The summed E-state index contributed by atoms with van der Waals surface area (Å²) in [6, 6.07) is 2.54. The van der Waals surface area contributed by atoms with E-state index in [1.807, 2.05) is 6.92 Å². The highest BCUT2D eigenvalue weighted by molar-refractivity contribution is 5.94. The molecule has 2 atom stereocenters. The molecule has 7 heteroatoms. The van der Waals surface area contributed by atoms with Crippen LogP contribution in [0.15, 0.2) is 18.3 Å². The number of aliphatic hydroxyl groups is 1. The van der Waals surface area contributed by atoms with E-state index in [1.54, 1.807) is 0 Å². The highest BCUT2D eigenvalue weighted by Gasteiger charge is 2.38. The number of carbonyl (C=O) groups excluding carboxylic acids is 1. The second kappa shape index (κ2) is 6.34. The molecule has 1 amide bonds. The number of hydrogen-bond acceptors (Lipinski definition) is 4. The van der Waals surface area contributed by atoms with Crippen molar-refractivity contribution in [3.05, 3.63) is 23.9 Å². The number of aromatic nitrogens is 1. The van der Waals surface area contributed by atoms with Gasteiger partial charge in [0.05, 0.1) is 5.60 Å². The van der Waals surface area contributed by atoms with Crippen LogP contribution in [0.25, 0.3) is 0 Å². The molecule has 1 fully saturated rings. The van der Waals surface area contributed by atoms with Crippen LogP contribution >= 0.6 is 0 Å². The minimum absolute atomic E-state index is 0.118. The molecule has 5 nitrogen and oxygen atoms in total. The van der Waals surface area contributed by atoms with Crippen molar-refractivity contribution in [3.63, 3.8) is 0 Å². The molecule has 1 aliphatic rings. The van der Waals surface area contributed by atoms with E-state index in [-0.39, 0.29) is 23.9 Å². The zero-order valence-electron chi connectivity index (χ0n) is 11.7. The fourth-order valence-corrected chi connectivity index (χ4v) is 2.53. The Morgan fingerprint density at radius 3 is 3.05 bits per heavy atom. The van der Waals surface area contributed by atoms with Gasteiger partial charge in [0, 0.05) is 24.4 Å². The van der Waals surface area contributed by atoms with Crippen LogP contribution in [0.3, 0.4) is 0 Å². The molecule has 0 radical (unpaired) electrons. The molecule has 0 aliphatic heterocycles. The van der Waals surface area contributed by atoms with Gasteiger partial charge in [-0.2, -0.15) is 8.78 Å². The monoisotopic (exact) mass is 300 g/mol. The summed E-state index contributed by atoms with van der Waals surface area (Å²) >= 11 is 0. The molecule has 0 aromatic carbocycles. The first-order valence-corrected chi connectivity index (χ1v) is 6.82. The summed E-state index contributed by atoms with van der Waals surface area (Å²) in [6.07, 6.45) is 3.72. The third-order valence-electron chi connectivity index (χ3n) is 3.93. The van der Waals surface area contributed by atoms with Gasteiger partial charge in [-0.15, -0.1) is 0 Å². The molecule has 2 unspecified atom stereocenters. The molecule has 2 N–H and O–H groups in total. The lowest BCUT2D eigenvalue weighted by Gasteiger charge is -2.27. The number of carbonyl (C=O) groups is 1. The molecule has 1 aromatic heterocycles. The molecule has 1 heterocycles. The maximum atomic E-state index is 12.1. The van der Waals surface area contributed by atoms with Gasteiger partial charge in [-0.1, -0.05) is 13.3 Å². The van der Waals surface area contributed by atoms with Crippen LogP contribution in [0.5, 0.6) is 5.88 Å². The normalized spacial score (nSPS) is 25.1. The molecular formula is C14H18F2N2O3. The predicted molar refractivity (Wildman–Crippen MR) is 71.2 cm³/mol. The molecule has 0 bridgehead atoms.